The van der Waals surface area contributed by atoms with Gasteiger partial charge in [0.25, 0.3) is 0 Å². The molecule has 2 heteroatoms. The summed E-state index contributed by atoms with van der Waals surface area (Å²) in [6, 6.07) is 0. The van der Waals surface area contributed by atoms with Gasteiger partial charge in [-0.15, -0.1) is 0 Å². The summed E-state index contributed by atoms with van der Waals surface area (Å²) < 4.78 is 0. The summed E-state index contributed by atoms with van der Waals surface area (Å²) in [5.74, 6) is 0.103. The molecule has 0 unspecified atom stereocenters. The summed E-state index contributed by atoms with van der Waals surface area (Å²) in [5.41, 5.74) is -0.107. The molecule has 0 aromatic heterocycles. The van der Waals surface area contributed by atoms with Crippen molar-refractivity contribution in [2.45, 2.75) is 91.4 Å². The van der Waals surface area contributed by atoms with Crippen LogP contribution < -0.4 is 0 Å². The highest BCUT2D eigenvalue weighted by molar-refractivity contribution is 6.05. The molecule has 0 atom stereocenters. The van der Waals surface area contributed by atoms with Crippen molar-refractivity contribution in [1.29, 1.82) is 0 Å². The van der Waals surface area contributed by atoms with Crippen LogP contribution in [0.5, 0.6) is 0 Å². The van der Waals surface area contributed by atoms with Gasteiger partial charge in [-0.3, -0.25) is 9.59 Å². The standard InChI is InChI=1S/C18H32O2/c1-4-5-6-7-8-9-10-11-12-15-16(19)13-18(2,3)14-17(15)20/h15H,4-14H2,1-3H3. The first-order valence-corrected chi connectivity index (χ1v) is 8.52. The van der Waals surface area contributed by atoms with Crippen molar-refractivity contribution in [3.63, 3.8) is 0 Å². The minimum atomic E-state index is -0.275. The van der Waals surface area contributed by atoms with E-state index in [-0.39, 0.29) is 22.9 Å². The van der Waals surface area contributed by atoms with Crippen molar-refractivity contribution in [1.82, 2.24) is 0 Å². The Kier molecular flexibility index (Phi) is 7.47. The lowest BCUT2D eigenvalue weighted by atomic mass is 9.70. The number of hydrogen-bond acceptors (Lipinski definition) is 2. The summed E-state index contributed by atoms with van der Waals surface area (Å²) in [7, 11) is 0. The van der Waals surface area contributed by atoms with Crippen molar-refractivity contribution >= 4 is 11.6 Å². The number of rotatable bonds is 9. The quantitative estimate of drug-likeness (QED) is 0.435. The molecule has 0 spiro atoms. The summed E-state index contributed by atoms with van der Waals surface area (Å²) in [6.45, 7) is 6.28. The van der Waals surface area contributed by atoms with Crippen molar-refractivity contribution in [2.24, 2.45) is 11.3 Å². The van der Waals surface area contributed by atoms with E-state index >= 15 is 0 Å². The Morgan fingerprint density at radius 1 is 0.850 bits per heavy atom. The minimum absolute atomic E-state index is 0.107. The third-order valence-electron chi connectivity index (χ3n) is 4.43. The predicted octanol–water partition coefficient (Wildman–Crippen LogP) is 5.09. The molecule has 0 N–H and O–H groups in total. The highest BCUT2D eigenvalue weighted by Crippen LogP contribution is 2.35. The second-order valence-electron chi connectivity index (χ2n) is 7.27. The first kappa shape index (κ1) is 17.4. The zero-order valence-corrected chi connectivity index (χ0v) is 13.7. The molecule has 0 aliphatic heterocycles. The van der Waals surface area contributed by atoms with Gasteiger partial charge < -0.3 is 0 Å². The summed E-state index contributed by atoms with van der Waals surface area (Å²) in [5, 5.41) is 0. The minimum Gasteiger partial charge on any atom is -0.299 e. The summed E-state index contributed by atoms with van der Waals surface area (Å²) >= 11 is 0. The van der Waals surface area contributed by atoms with Gasteiger partial charge in [0.2, 0.25) is 0 Å². The third-order valence-corrected chi connectivity index (χ3v) is 4.43. The van der Waals surface area contributed by atoms with E-state index < -0.39 is 0 Å². The number of hydrogen-bond donors (Lipinski definition) is 0. The van der Waals surface area contributed by atoms with Crippen molar-refractivity contribution in [3.8, 4) is 0 Å². The fourth-order valence-corrected chi connectivity index (χ4v) is 3.24. The maximum Gasteiger partial charge on any atom is 0.143 e. The number of ketones is 2. The van der Waals surface area contributed by atoms with Gasteiger partial charge in [-0.25, -0.2) is 0 Å². The number of carbonyl (C=O) groups is 2. The van der Waals surface area contributed by atoms with Crippen molar-refractivity contribution in [3.05, 3.63) is 0 Å². The van der Waals surface area contributed by atoms with Gasteiger partial charge in [0.05, 0.1) is 5.92 Å². The molecule has 1 aliphatic rings. The van der Waals surface area contributed by atoms with E-state index in [0.29, 0.717) is 12.8 Å². The molecule has 0 aromatic carbocycles. The highest BCUT2D eigenvalue weighted by Gasteiger charge is 2.38. The first-order valence-electron chi connectivity index (χ1n) is 8.52. The Balaban J connectivity index is 2.13. The van der Waals surface area contributed by atoms with Crippen LogP contribution >= 0.6 is 0 Å². The average Bonchev–Trinajstić information content (AvgIpc) is 2.34. The van der Waals surface area contributed by atoms with E-state index in [9.17, 15) is 9.59 Å². The van der Waals surface area contributed by atoms with E-state index in [1.165, 1.54) is 44.9 Å². The molecular formula is C18H32O2. The molecule has 0 amide bonds. The Labute approximate surface area is 124 Å². The zero-order valence-electron chi connectivity index (χ0n) is 13.7. The van der Waals surface area contributed by atoms with Gasteiger partial charge in [-0.05, 0) is 11.8 Å². The van der Waals surface area contributed by atoms with Gasteiger partial charge in [0, 0.05) is 12.8 Å². The maximum atomic E-state index is 12.0. The van der Waals surface area contributed by atoms with Gasteiger partial charge in [0.1, 0.15) is 11.6 Å². The van der Waals surface area contributed by atoms with Crippen molar-refractivity contribution < 1.29 is 9.59 Å². The van der Waals surface area contributed by atoms with Crippen LogP contribution in [0.1, 0.15) is 91.4 Å². The fraction of sp³-hybridized carbons (Fsp3) is 0.889. The molecule has 1 rings (SSSR count). The van der Waals surface area contributed by atoms with Gasteiger partial charge in [-0.1, -0.05) is 72.1 Å². The molecule has 1 saturated carbocycles. The number of carbonyl (C=O) groups excluding carboxylic acids is 2. The predicted molar refractivity (Wildman–Crippen MR) is 83.7 cm³/mol. The van der Waals surface area contributed by atoms with E-state index in [1.807, 2.05) is 13.8 Å². The van der Waals surface area contributed by atoms with Crippen LogP contribution in [0, 0.1) is 11.3 Å². The van der Waals surface area contributed by atoms with E-state index in [2.05, 4.69) is 6.92 Å². The van der Waals surface area contributed by atoms with Crippen LogP contribution in [-0.2, 0) is 9.59 Å². The SMILES string of the molecule is CCCCCCCCCCC1C(=O)CC(C)(C)CC1=O. The molecule has 0 heterocycles. The van der Waals surface area contributed by atoms with Crippen LogP contribution in [-0.4, -0.2) is 11.6 Å². The van der Waals surface area contributed by atoms with E-state index in [0.717, 1.165) is 12.8 Å². The number of unbranched alkanes of at least 4 members (excludes halogenated alkanes) is 7. The van der Waals surface area contributed by atoms with Crippen LogP contribution in [0.4, 0.5) is 0 Å². The number of Topliss-reactive ketones (excluding diaryl/α,β-unsaturated/α-hetero) is 2. The Morgan fingerprint density at radius 3 is 1.80 bits per heavy atom. The van der Waals surface area contributed by atoms with Crippen LogP contribution in [0.15, 0.2) is 0 Å². The lowest BCUT2D eigenvalue weighted by molar-refractivity contribution is -0.139. The van der Waals surface area contributed by atoms with E-state index in [4.69, 9.17) is 0 Å². The maximum absolute atomic E-state index is 12.0. The largest absolute Gasteiger partial charge is 0.299 e. The van der Waals surface area contributed by atoms with Gasteiger partial charge in [-0.2, -0.15) is 0 Å². The molecule has 0 radical (unpaired) electrons. The van der Waals surface area contributed by atoms with Crippen LogP contribution in [0.25, 0.3) is 0 Å². The lowest BCUT2D eigenvalue weighted by Crippen LogP contribution is -2.37. The second-order valence-corrected chi connectivity index (χ2v) is 7.27. The van der Waals surface area contributed by atoms with Crippen LogP contribution in [0.3, 0.4) is 0 Å². The monoisotopic (exact) mass is 280 g/mol. The smallest absolute Gasteiger partial charge is 0.143 e. The molecule has 116 valence electrons. The Bertz CT molecular complexity index is 297. The first-order chi connectivity index (χ1) is 9.46. The molecule has 1 fully saturated rings. The molecule has 0 aromatic rings. The molecule has 20 heavy (non-hydrogen) atoms. The van der Waals surface area contributed by atoms with E-state index in [1.54, 1.807) is 0 Å². The molecule has 0 saturated heterocycles. The highest BCUT2D eigenvalue weighted by atomic mass is 16.2. The average molecular weight is 280 g/mol. The third kappa shape index (κ3) is 6.19. The summed E-state index contributed by atoms with van der Waals surface area (Å²) in [6.07, 6.45) is 12.1. The topological polar surface area (TPSA) is 34.1 Å². The lowest BCUT2D eigenvalue weighted by Gasteiger charge is -2.32. The van der Waals surface area contributed by atoms with Crippen LogP contribution in [0.2, 0.25) is 0 Å². The molecule has 2 nitrogen and oxygen atoms in total. The van der Waals surface area contributed by atoms with Gasteiger partial charge in [0.15, 0.2) is 0 Å². The zero-order chi connectivity index (χ0) is 15.0. The van der Waals surface area contributed by atoms with Gasteiger partial charge >= 0.3 is 0 Å². The molecule has 0 bridgehead atoms. The van der Waals surface area contributed by atoms with Crippen molar-refractivity contribution in [2.75, 3.05) is 0 Å². The molecule has 1 aliphatic carbocycles. The second kappa shape index (κ2) is 8.59. The summed E-state index contributed by atoms with van der Waals surface area (Å²) in [4.78, 5) is 24.1. The normalized spacial score (nSPS) is 19.6. The fourth-order valence-electron chi connectivity index (χ4n) is 3.24. The Hall–Kier alpha value is -0.660. The Morgan fingerprint density at radius 2 is 1.30 bits per heavy atom. The molecular weight excluding hydrogens is 248 g/mol.